The van der Waals surface area contributed by atoms with Gasteiger partial charge in [0.1, 0.15) is 0 Å². The summed E-state index contributed by atoms with van der Waals surface area (Å²) in [5, 5.41) is 0. The van der Waals surface area contributed by atoms with Gasteiger partial charge in [-0.05, 0) is 43.4 Å². The van der Waals surface area contributed by atoms with E-state index in [4.69, 9.17) is 0 Å². The van der Waals surface area contributed by atoms with Crippen molar-refractivity contribution in [1.29, 1.82) is 0 Å². The monoisotopic (exact) mass is 380 g/mol. The lowest BCUT2D eigenvalue weighted by atomic mass is 9.81. The van der Waals surface area contributed by atoms with Gasteiger partial charge in [-0.2, -0.15) is 13.2 Å². The Morgan fingerprint density at radius 2 is 1.48 bits per heavy atom. The number of benzene rings is 1. The first-order valence-corrected chi connectivity index (χ1v) is 9.60. The van der Waals surface area contributed by atoms with E-state index in [0.29, 0.717) is 6.54 Å². The summed E-state index contributed by atoms with van der Waals surface area (Å²) in [6.07, 6.45) is 1.19. The molecule has 3 aliphatic rings. The van der Waals surface area contributed by atoms with Crippen molar-refractivity contribution in [2.24, 2.45) is 11.8 Å². The Labute approximate surface area is 156 Å². The molecule has 3 fully saturated rings. The van der Waals surface area contributed by atoms with E-state index in [2.05, 4.69) is 4.90 Å². The van der Waals surface area contributed by atoms with Crippen LogP contribution in [0.5, 0.6) is 0 Å². The van der Waals surface area contributed by atoms with Crippen molar-refractivity contribution in [1.82, 2.24) is 9.80 Å². The van der Waals surface area contributed by atoms with Crippen LogP contribution in [0.15, 0.2) is 24.3 Å². The van der Waals surface area contributed by atoms with Crippen LogP contribution in [-0.2, 0) is 22.3 Å². The van der Waals surface area contributed by atoms with Gasteiger partial charge in [0.25, 0.3) is 0 Å². The van der Waals surface area contributed by atoms with Crippen molar-refractivity contribution >= 4 is 11.8 Å². The van der Waals surface area contributed by atoms with Gasteiger partial charge in [0.2, 0.25) is 11.8 Å². The van der Waals surface area contributed by atoms with Crippen molar-refractivity contribution in [3.05, 3.63) is 35.4 Å². The third kappa shape index (κ3) is 3.74. The molecule has 0 unspecified atom stereocenters. The number of halogens is 3. The van der Waals surface area contributed by atoms with E-state index in [0.717, 1.165) is 56.2 Å². The van der Waals surface area contributed by atoms with Crippen LogP contribution in [0.25, 0.3) is 0 Å². The molecule has 0 aromatic heterocycles. The first kappa shape index (κ1) is 18.5. The summed E-state index contributed by atoms with van der Waals surface area (Å²) in [4.78, 5) is 28.8. The molecule has 0 spiro atoms. The van der Waals surface area contributed by atoms with Crippen molar-refractivity contribution < 1.29 is 22.8 Å². The predicted octanol–water partition coefficient (Wildman–Crippen LogP) is 3.80. The van der Waals surface area contributed by atoms with E-state index in [1.807, 2.05) is 0 Å². The minimum absolute atomic E-state index is 0.0669. The zero-order valence-electron chi connectivity index (χ0n) is 15.0. The molecule has 2 aliphatic carbocycles. The average molecular weight is 380 g/mol. The van der Waals surface area contributed by atoms with Gasteiger partial charge in [-0.25, -0.2) is 0 Å². The van der Waals surface area contributed by atoms with Gasteiger partial charge in [-0.3, -0.25) is 19.4 Å². The van der Waals surface area contributed by atoms with Gasteiger partial charge in [0, 0.05) is 12.6 Å². The highest BCUT2D eigenvalue weighted by atomic mass is 19.4. The number of rotatable bonds is 5. The standard InChI is InChI=1S/C20H23F3N2O2/c21-20(22,23)14-7-5-13(6-8-14)11-24(15-9-10-15)12-25-18(26)16-3-1-2-4-17(16)19(25)27/h5-8,15-17H,1-4,9-12H2/t16-,17+. The highest BCUT2D eigenvalue weighted by Gasteiger charge is 2.49. The first-order chi connectivity index (χ1) is 12.8. The van der Waals surface area contributed by atoms with Crippen molar-refractivity contribution in [2.75, 3.05) is 6.67 Å². The molecule has 1 saturated heterocycles. The molecule has 7 heteroatoms. The number of amides is 2. The van der Waals surface area contributed by atoms with Gasteiger partial charge >= 0.3 is 6.18 Å². The summed E-state index contributed by atoms with van der Waals surface area (Å²) < 4.78 is 38.2. The Balaban J connectivity index is 1.46. The highest BCUT2D eigenvalue weighted by molar-refractivity contribution is 6.05. The van der Waals surface area contributed by atoms with E-state index in [1.165, 1.54) is 17.0 Å². The van der Waals surface area contributed by atoms with E-state index in [1.54, 1.807) is 0 Å². The number of nitrogens with zero attached hydrogens (tertiary/aromatic N) is 2. The summed E-state index contributed by atoms with van der Waals surface area (Å²) >= 11 is 0. The topological polar surface area (TPSA) is 40.6 Å². The van der Waals surface area contributed by atoms with Crippen molar-refractivity contribution in [3.63, 3.8) is 0 Å². The number of hydrogen-bond donors (Lipinski definition) is 0. The molecule has 4 rings (SSSR count). The van der Waals surface area contributed by atoms with E-state index >= 15 is 0 Å². The zero-order valence-corrected chi connectivity index (χ0v) is 15.0. The van der Waals surface area contributed by atoms with Crippen molar-refractivity contribution in [2.45, 2.75) is 57.3 Å². The molecular weight excluding hydrogens is 357 g/mol. The van der Waals surface area contributed by atoms with Crippen LogP contribution in [0.4, 0.5) is 13.2 Å². The molecule has 1 aromatic rings. The molecular formula is C20H23F3N2O2. The fourth-order valence-corrected chi connectivity index (χ4v) is 4.32. The second kappa shape index (κ2) is 6.93. The van der Waals surface area contributed by atoms with E-state index < -0.39 is 11.7 Å². The van der Waals surface area contributed by atoms with Gasteiger partial charge in [0.15, 0.2) is 0 Å². The Morgan fingerprint density at radius 1 is 0.926 bits per heavy atom. The van der Waals surface area contributed by atoms with Gasteiger partial charge in [-0.15, -0.1) is 0 Å². The number of carbonyl (C=O) groups excluding carboxylic acids is 2. The molecule has 1 aliphatic heterocycles. The molecule has 0 radical (unpaired) electrons. The summed E-state index contributed by atoms with van der Waals surface area (Å²) in [7, 11) is 0. The Morgan fingerprint density at radius 3 is 1.96 bits per heavy atom. The molecule has 2 atom stereocenters. The summed E-state index contributed by atoms with van der Waals surface area (Å²) in [5.41, 5.74) is 0.0876. The number of alkyl halides is 3. The van der Waals surface area contributed by atoms with Gasteiger partial charge in [-0.1, -0.05) is 25.0 Å². The maximum atomic E-state index is 12.7. The summed E-state index contributed by atoms with van der Waals surface area (Å²) in [6, 6.07) is 5.41. The number of carbonyl (C=O) groups is 2. The number of likely N-dealkylation sites (tertiary alicyclic amines) is 1. The highest BCUT2D eigenvalue weighted by Crippen LogP contribution is 2.39. The number of hydrogen-bond acceptors (Lipinski definition) is 3. The minimum atomic E-state index is -4.35. The molecule has 0 N–H and O–H groups in total. The maximum absolute atomic E-state index is 12.7. The van der Waals surface area contributed by atoms with Crippen LogP contribution in [0.1, 0.15) is 49.7 Å². The van der Waals surface area contributed by atoms with Crippen LogP contribution in [0.2, 0.25) is 0 Å². The maximum Gasteiger partial charge on any atom is 0.416 e. The minimum Gasteiger partial charge on any atom is -0.278 e. The van der Waals surface area contributed by atoms with Crippen LogP contribution in [0.3, 0.4) is 0 Å². The summed E-state index contributed by atoms with van der Waals surface area (Å²) in [5.74, 6) is -0.470. The molecule has 4 nitrogen and oxygen atoms in total. The molecule has 0 bridgehead atoms. The van der Waals surface area contributed by atoms with Crippen molar-refractivity contribution in [3.8, 4) is 0 Å². The number of imide groups is 1. The zero-order chi connectivity index (χ0) is 19.2. The number of fused-ring (bicyclic) bond motifs is 1. The average Bonchev–Trinajstić information content (AvgIpc) is 3.45. The molecule has 27 heavy (non-hydrogen) atoms. The SMILES string of the molecule is O=C1[C@H]2CCCC[C@H]2C(=O)N1CN(Cc1ccc(C(F)(F)F)cc1)C1CC1. The second-order valence-corrected chi connectivity index (χ2v) is 7.92. The Bertz CT molecular complexity index is 704. The fraction of sp³-hybridized carbons (Fsp3) is 0.600. The van der Waals surface area contributed by atoms with E-state index in [9.17, 15) is 22.8 Å². The second-order valence-electron chi connectivity index (χ2n) is 7.92. The van der Waals surface area contributed by atoms with E-state index in [-0.39, 0.29) is 36.4 Å². The first-order valence-electron chi connectivity index (χ1n) is 9.60. The third-order valence-corrected chi connectivity index (χ3v) is 5.99. The molecule has 146 valence electrons. The van der Waals surface area contributed by atoms with Crippen LogP contribution >= 0.6 is 0 Å². The Kier molecular flexibility index (Phi) is 4.74. The molecule has 2 amide bonds. The fourth-order valence-electron chi connectivity index (χ4n) is 4.32. The largest absolute Gasteiger partial charge is 0.416 e. The molecule has 1 aromatic carbocycles. The van der Waals surface area contributed by atoms with Crippen LogP contribution in [0, 0.1) is 11.8 Å². The smallest absolute Gasteiger partial charge is 0.278 e. The molecule has 2 saturated carbocycles. The Hall–Kier alpha value is -1.89. The van der Waals surface area contributed by atoms with Gasteiger partial charge in [0.05, 0.1) is 24.1 Å². The van der Waals surface area contributed by atoms with Crippen LogP contribution in [-0.4, -0.2) is 34.3 Å². The summed E-state index contributed by atoms with van der Waals surface area (Å²) in [6.45, 7) is 0.686. The lowest BCUT2D eigenvalue weighted by Crippen LogP contribution is -2.42. The lowest BCUT2D eigenvalue weighted by molar-refractivity contribution is -0.143. The lowest BCUT2D eigenvalue weighted by Gasteiger charge is -2.27. The quantitative estimate of drug-likeness (QED) is 0.730. The third-order valence-electron chi connectivity index (χ3n) is 5.99. The predicted molar refractivity (Wildman–Crippen MR) is 92.2 cm³/mol. The normalized spacial score (nSPS) is 26.0. The van der Waals surface area contributed by atoms with Crippen LogP contribution < -0.4 is 0 Å². The molecule has 1 heterocycles. The van der Waals surface area contributed by atoms with Gasteiger partial charge < -0.3 is 0 Å².